The van der Waals surface area contributed by atoms with Crippen LogP contribution >= 0.6 is 11.6 Å². The summed E-state index contributed by atoms with van der Waals surface area (Å²) in [6.45, 7) is 0. The van der Waals surface area contributed by atoms with Crippen molar-refractivity contribution in [2.24, 2.45) is 17.8 Å². The van der Waals surface area contributed by atoms with Gasteiger partial charge in [-0.2, -0.15) is 0 Å². The second kappa shape index (κ2) is 7.83. The number of anilines is 1. The zero-order chi connectivity index (χ0) is 16.1. The van der Waals surface area contributed by atoms with Crippen molar-refractivity contribution in [1.82, 2.24) is 0 Å². The third-order valence-electron chi connectivity index (χ3n) is 4.89. The molecule has 0 aromatic heterocycles. The maximum atomic E-state index is 12.6. The summed E-state index contributed by atoms with van der Waals surface area (Å²) in [6, 6.07) is 7.38. The van der Waals surface area contributed by atoms with Gasteiger partial charge in [-0.15, -0.1) is 0 Å². The van der Waals surface area contributed by atoms with Crippen LogP contribution in [0, 0.1) is 17.8 Å². The molecule has 1 aromatic carbocycles. The molecule has 1 amide bonds. The summed E-state index contributed by atoms with van der Waals surface area (Å²) in [5.74, 6) is 1.39. The van der Waals surface area contributed by atoms with Crippen LogP contribution in [0.4, 0.5) is 5.69 Å². The molecule has 1 fully saturated rings. The summed E-state index contributed by atoms with van der Waals surface area (Å²) < 4.78 is 0. The molecule has 0 spiro atoms. The largest absolute Gasteiger partial charge is 0.326 e. The molecule has 1 N–H and O–H groups in total. The predicted octanol–water partition coefficient (Wildman–Crippen LogP) is 5.61. The average Bonchev–Trinajstić information content (AvgIpc) is 3.20. The Bertz CT molecular complexity index is 583. The number of rotatable bonds is 2. The molecule has 2 aliphatic carbocycles. The fourth-order valence-electron chi connectivity index (χ4n) is 3.65. The second-order valence-corrected chi connectivity index (χ2v) is 6.96. The summed E-state index contributed by atoms with van der Waals surface area (Å²) in [5.41, 5.74) is 0.796. The van der Waals surface area contributed by atoms with Gasteiger partial charge in [-0.25, -0.2) is 0 Å². The molecule has 0 radical (unpaired) electrons. The molecule has 3 rings (SSSR count). The molecule has 1 saturated carbocycles. The van der Waals surface area contributed by atoms with Crippen LogP contribution in [-0.4, -0.2) is 5.91 Å². The summed E-state index contributed by atoms with van der Waals surface area (Å²) in [7, 11) is 0. The van der Waals surface area contributed by atoms with Gasteiger partial charge in [0.15, 0.2) is 0 Å². The van der Waals surface area contributed by atoms with E-state index in [2.05, 4.69) is 29.6 Å². The van der Waals surface area contributed by atoms with Crippen LogP contribution in [0.1, 0.15) is 38.5 Å². The Hall–Kier alpha value is -1.54. The van der Waals surface area contributed by atoms with Gasteiger partial charge in [0.05, 0.1) is 0 Å². The molecule has 122 valence electrons. The van der Waals surface area contributed by atoms with Gasteiger partial charge in [0.1, 0.15) is 0 Å². The van der Waals surface area contributed by atoms with Gasteiger partial charge in [0.2, 0.25) is 5.91 Å². The quantitative estimate of drug-likeness (QED) is 0.702. The number of allylic oxidation sites excluding steroid dienone is 4. The molecule has 0 unspecified atom stereocenters. The van der Waals surface area contributed by atoms with E-state index < -0.39 is 0 Å². The third kappa shape index (κ3) is 4.48. The number of benzene rings is 1. The normalized spacial score (nSPS) is 27.4. The number of fused-ring (bicyclic) bond motifs is 1. The Morgan fingerprint density at radius 2 is 1.57 bits per heavy atom. The van der Waals surface area contributed by atoms with Gasteiger partial charge in [0, 0.05) is 16.6 Å². The minimum absolute atomic E-state index is 0.157. The zero-order valence-electron chi connectivity index (χ0n) is 13.4. The van der Waals surface area contributed by atoms with E-state index in [0.29, 0.717) is 16.9 Å². The second-order valence-electron chi connectivity index (χ2n) is 6.53. The highest BCUT2D eigenvalue weighted by molar-refractivity contribution is 6.30. The lowest BCUT2D eigenvalue weighted by Crippen LogP contribution is -2.15. The SMILES string of the molecule is O=C(Nc1cccc(Cl)c1)C1[C@@H]2CCC=CCCC=CCC[C@@H]12. The highest BCUT2D eigenvalue weighted by Gasteiger charge is 2.52. The first-order valence-electron chi connectivity index (χ1n) is 8.62. The zero-order valence-corrected chi connectivity index (χ0v) is 14.1. The number of carbonyl (C=O) groups excluding carboxylic acids is 1. The number of carbonyl (C=O) groups is 1. The van der Waals surface area contributed by atoms with Gasteiger partial charge >= 0.3 is 0 Å². The fraction of sp³-hybridized carbons (Fsp3) is 0.450. The van der Waals surface area contributed by atoms with Crippen molar-refractivity contribution in [3.63, 3.8) is 0 Å². The lowest BCUT2D eigenvalue weighted by Gasteiger charge is -2.05. The Morgan fingerprint density at radius 1 is 0.957 bits per heavy atom. The molecule has 1 aromatic rings. The molecule has 2 nitrogen and oxygen atoms in total. The van der Waals surface area contributed by atoms with Crippen LogP contribution in [0.5, 0.6) is 0 Å². The van der Waals surface area contributed by atoms with Crippen LogP contribution in [0.3, 0.4) is 0 Å². The number of amides is 1. The molecule has 0 bridgehead atoms. The molecule has 2 aliphatic rings. The van der Waals surface area contributed by atoms with Gasteiger partial charge in [0.25, 0.3) is 0 Å². The van der Waals surface area contributed by atoms with E-state index in [0.717, 1.165) is 44.2 Å². The first-order valence-corrected chi connectivity index (χ1v) is 9.00. The van der Waals surface area contributed by atoms with E-state index >= 15 is 0 Å². The van der Waals surface area contributed by atoms with Crippen molar-refractivity contribution in [2.75, 3.05) is 5.32 Å². The summed E-state index contributed by atoms with van der Waals surface area (Å²) in [6.07, 6.45) is 15.8. The van der Waals surface area contributed by atoms with Crippen molar-refractivity contribution in [3.8, 4) is 0 Å². The van der Waals surface area contributed by atoms with Crippen LogP contribution < -0.4 is 5.32 Å². The van der Waals surface area contributed by atoms with Crippen LogP contribution in [0.2, 0.25) is 5.02 Å². The minimum atomic E-state index is 0.157. The predicted molar refractivity (Wildman–Crippen MR) is 96.5 cm³/mol. The summed E-state index contributed by atoms with van der Waals surface area (Å²) in [4.78, 5) is 12.6. The lowest BCUT2D eigenvalue weighted by molar-refractivity contribution is -0.117. The molecule has 23 heavy (non-hydrogen) atoms. The van der Waals surface area contributed by atoms with E-state index in [1.807, 2.05) is 18.2 Å². The van der Waals surface area contributed by atoms with E-state index in [-0.39, 0.29) is 11.8 Å². The van der Waals surface area contributed by atoms with E-state index in [4.69, 9.17) is 11.6 Å². The van der Waals surface area contributed by atoms with E-state index in [9.17, 15) is 4.79 Å². The van der Waals surface area contributed by atoms with E-state index in [1.165, 1.54) is 0 Å². The number of halogens is 1. The highest BCUT2D eigenvalue weighted by Crippen LogP contribution is 2.52. The van der Waals surface area contributed by atoms with Crippen molar-refractivity contribution in [3.05, 3.63) is 53.6 Å². The lowest BCUT2D eigenvalue weighted by atomic mass is 10.1. The summed E-state index contributed by atoms with van der Waals surface area (Å²) in [5, 5.41) is 3.69. The molecule has 0 heterocycles. The molecule has 2 atom stereocenters. The topological polar surface area (TPSA) is 29.1 Å². The van der Waals surface area contributed by atoms with Gasteiger partial charge < -0.3 is 5.32 Å². The third-order valence-corrected chi connectivity index (χ3v) is 5.13. The Morgan fingerprint density at radius 3 is 2.17 bits per heavy atom. The van der Waals surface area contributed by atoms with Gasteiger partial charge in [-0.1, -0.05) is 42.0 Å². The minimum Gasteiger partial charge on any atom is -0.326 e. The van der Waals surface area contributed by atoms with E-state index in [1.54, 1.807) is 6.07 Å². The molecular formula is C20H24ClNO. The van der Waals surface area contributed by atoms with Crippen molar-refractivity contribution in [1.29, 1.82) is 0 Å². The number of hydrogen-bond acceptors (Lipinski definition) is 1. The Labute approximate surface area is 143 Å². The van der Waals surface area contributed by atoms with Crippen molar-refractivity contribution in [2.45, 2.75) is 38.5 Å². The van der Waals surface area contributed by atoms with Crippen LogP contribution in [0.25, 0.3) is 0 Å². The highest BCUT2D eigenvalue weighted by atomic mass is 35.5. The Balaban J connectivity index is 1.61. The Kier molecular flexibility index (Phi) is 5.56. The van der Waals surface area contributed by atoms with Crippen molar-refractivity contribution < 1.29 is 4.79 Å². The van der Waals surface area contributed by atoms with Crippen LogP contribution in [0.15, 0.2) is 48.6 Å². The standard InChI is InChI=1S/C20H24ClNO/c21-15-10-9-11-16(14-15)22-20(23)19-17-12-7-5-3-1-2-4-6-8-13-18(17)19/h3-6,9-11,14,17-19H,1-2,7-8,12-13H2,(H,22,23)/t17-,18-,19?/m1/s1. The molecule has 0 aliphatic heterocycles. The number of nitrogens with one attached hydrogen (secondary N) is 1. The van der Waals surface area contributed by atoms with Crippen molar-refractivity contribution >= 4 is 23.2 Å². The maximum Gasteiger partial charge on any atom is 0.228 e. The van der Waals surface area contributed by atoms with Gasteiger partial charge in [-0.05, 0) is 68.6 Å². The fourth-order valence-corrected chi connectivity index (χ4v) is 3.84. The monoisotopic (exact) mass is 329 g/mol. The maximum absolute atomic E-state index is 12.6. The molecular weight excluding hydrogens is 306 g/mol. The summed E-state index contributed by atoms with van der Waals surface area (Å²) >= 11 is 5.99. The van der Waals surface area contributed by atoms with Crippen LogP contribution in [-0.2, 0) is 4.79 Å². The smallest absolute Gasteiger partial charge is 0.228 e. The molecule has 0 saturated heterocycles. The first-order chi connectivity index (χ1) is 11.3. The number of hydrogen-bond donors (Lipinski definition) is 1. The molecule has 3 heteroatoms. The average molecular weight is 330 g/mol. The first kappa shape index (κ1) is 16.3. The van der Waals surface area contributed by atoms with Gasteiger partial charge in [-0.3, -0.25) is 4.79 Å².